The number of nitrogens with one attached hydrogen (secondary N) is 2. The number of rotatable bonds is 9. The fourth-order valence-electron chi connectivity index (χ4n) is 6.19. The Kier molecular flexibility index (Phi) is 6.73. The molecule has 3 amide bonds. The van der Waals surface area contributed by atoms with Crippen molar-refractivity contribution in [2.24, 2.45) is 23.7 Å². The van der Waals surface area contributed by atoms with Crippen LogP contribution in [0.15, 0.2) is 0 Å². The standard InChI is InChI=1S/C23H39N3O5/c1-7-8-9-10-25-20(29)18-23-11-14(4)22(5,31-23)16(19(28)24-6)17(23)21(30)26(18)15(12-27)13(2)3/h13-18,27H,7-12H2,1-6H3,(H,24,28)(H,25,29)/t14?,15-,16+,17-,18?,22-,23?/m0/s1. The van der Waals surface area contributed by atoms with E-state index in [1.807, 2.05) is 27.7 Å². The number of hydrogen-bond acceptors (Lipinski definition) is 5. The molecule has 31 heavy (non-hydrogen) atoms. The number of carbonyl (C=O) groups is 3. The fraction of sp³-hybridized carbons (Fsp3) is 0.870. The minimum Gasteiger partial charge on any atom is -0.394 e. The first kappa shape index (κ1) is 24.0. The summed E-state index contributed by atoms with van der Waals surface area (Å²) in [5.74, 6) is -2.17. The van der Waals surface area contributed by atoms with Gasteiger partial charge in [-0.1, -0.05) is 40.5 Å². The zero-order chi connectivity index (χ0) is 23.1. The maximum absolute atomic E-state index is 13.8. The highest BCUT2D eigenvalue weighted by Crippen LogP contribution is 2.65. The topological polar surface area (TPSA) is 108 Å². The molecule has 0 aromatic rings. The predicted molar refractivity (Wildman–Crippen MR) is 116 cm³/mol. The Morgan fingerprint density at radius 1 is 1.29 bits per heavy atom. The van der Waals surface area contributed by atoms with Gasteiger partial charge in [0.05, 0.1) is 30.1 Å². The second kappa shape index (κ2) is 8.70. The van der Waals surface area contributed by atoms with E-state index in [0.717, 1.165) is 19.3 Å². The molecule has 3 rings (SSSR count). The van der Waals surface area contributed by atoms with Crippen LogP contribution < -0.4 is 10.6 Å². The van der Waals surface area contributed by atoms with Crippen molar-refractivity contribution in [1.82, 2.24) is 15.5 Å². The normalized spacial score (nSPS) is 37.3. The molecule has 3 heterocycles. The Morgan fingerprint density at radius 2 is 1.97 bits per heavy atom. The molecule has 0 radical (unpaired) electrons. The molecule has 0 aromatic heterocycles. The van der Waals surface area contributed by atoms with E-state index >= 15 is 0 Å². The van der Waals surface area contributed by atoms with Crippen molar-refractivity contribution in [1.29, 1.82) is 0 Å². The second-order valence-corrected chi connectivity index (χ2v) is 10.1. The molecular weight excluding hydrogens is 398 g/mol. The van der Waals surface area contributed by atoms with Gasteiger partial charge in [0.15, 0.2) is 0 Å². The molecule has 8 nitrogen and oxygen atoms in total. The third kappa shape index (κ3) is 3.46. The Balaban J connectivity index is 2.05. The summed E-state index contributed by atoms with van der Waals surface area (Å²) in [7, 11) is 1.56. The zero-order valence-electron chi connectivity index (χ0n) is 19.7. The van der Waals surface area contributed by atoms with Gasteiger partial charge in [0.1, 0.15) is 11.6 Å². The van der Waals surface area contributed by atoms with Crippen LogP contribution in [0.1, 0.15) is 60.3 Å². The summed E-state index contributed by atoms with van der Waals surface area (Å²) in [6.07, 6.45) is 3.45. The first-order valence-electron chi connectivity index (χ1n) is 11.7. The molecule has 176 valence electrons. The van der Waals surface area contributed by atoms with Crippen molar-refractivity contribution in [3.8, 4) is 0 Å². The summed E-state index contributed by atoms with van der Waals surface area (Å²) < 4.78 is 6.59. The number of nitrogens with zero attached hydrogens (tertiary/aromatic N) is 1. The number of likely N-dealkylation sites (tertiary alicyclic amines) is 1. The van der Waals surface area contributed by atoms with E-state index in [9.17, 15) is 19.5 Å². The Bertz CT molecular complexity index is 728. The Labute approximate surface area is 185 Å². The molecule has 3 N–H and O–H groups in total. The van der Waals surface area contributed by atoms with Gasteiger partial charge in [-0.2, -0.15) is 0 Å². The van der Waals surface area contributed by atoms with Gasteiger partial charge in [-0.25, -0.2) is 0 Å². The second-order valence-electron chi connectivity index (χ2n) is 10.1. The predicted octanol–water partition coefficient (Wildman–Crippen LogP) is 1.07. The van der Waals surface area contributed by atoms with Crippen LogP contribution >= 0.6 is 0 Å². The third-order valence-electron chi connectivity index (χ3n) is 7.92. The SMILES string of the molecule is CCCCCNC(=O)C1N([C@@H](CO)C(C)C)C(=O)[C@@H]2[C@H](C(=O)NC)[C@@]3(C)OC12CC3C. The van der Waals surface area contributed by atoms with Crippen molar-refractivity contribution < 1.29 is 24.2 Å². The minimum atomic E-state index is -1.06. The van der Waals surface area contributed by atoms with E-state index in [2.05, 4.69) is 17.6 Å². The highest BCUT2D eigenvalue weighted by Gasteiger charge is 2.80. The van der Waals surface area contributed by atoms with E-state index in [0.29, 0.717) is 13.0 Å². The summed E-state index contributed by atoms with van der Waals surface area (Å²) >= 11 is 0. The van der Waals surface area contributed by atoms with Gasteiger partial charge in [0.25, 0.3) is 0 Å². The molecule has 3 unspecified atom stereocenters. The lowest BCUT2D eigenvalue weighted by Crippen LogP contribution is -2.59. The van der Waals surface area contributed by atoms with Crippen LogP contribution in [0.5, 0.6) is 0 Å². The van der Waals surface area contributed by atoms with E-state index in [1.54, 1.807) is 7.05 Å². The molecule has 2 bridgehead atoms. The molecule has 3 aliphatic heterocycles. The van der Waals surface area contributed by atoms with Crippen molar-refractivity contribution in [2.45, 2.75) is 83.6 Å². The molecule has 0 saturated carbocycles. The fourth-order valence-corrected chi connectivity index (χ4v) is 6.19. The van der Waals surface area contributed by atoms with E-state index < -0.39 is 35.1 Å². The molecule has 1 spiro atoms. The smallest absolute Gasteiger partial charge is 0.245 e. The van der Waals surface area contributed by atoms with Crippen LogP contribution in [0.25, 0.3) is 0 Å². The lowest BCUT2D eigenvalue weighted by Gasteiger charge is -2.38. The van der Waals surface area contributed by atoms with Gasteiger partial charge in [0, 0.05) is 13.6 Å². The lowest BCUT2D eigenvalue weighted by atomic mass is 9.62. The van der Waals surface area contributed by atoms with Crippen molar-refractivity contribution in [2.75, 3.05) is 20.2 Å². The van der Waals surface area contributed by atoms with Crippen molar-refractivity contribution >= 4 is 17.7 Å². The zero-order valence-corrected chi connectivity index (χ0v) is 19.7. The first-order valence-corrected chi connectivity index (χ1v) is 11.7. The van der Waals surface area contributed by atoms with E-state index in [1.165, 1.54) is 4.90 Å². The number of carbonyl (C=O) groups excluding carboxylic acids is 3. The molecule has 0 aliphatic carbocycles. The molecule has 3 saturated heterocycles. The number of fused-ring (bicyclic) bond motifs is 1. The number of ether oxygens (including phenoxy) is 1. The Morgan fingerprint density at radius 3 is 2.52 bits per heavy atom. The molecule has 3 fully saturated rings. The average Bonchev–Trinajstić information content (AvgIpc) is 3.22. The van der Waals surface area contributed by atoms with Crippen LogP contribution in [0, 0.1) is 23.7 Å². The van der Waals surface area contributed by atoms with Crippen molar-refractivity contribution in [3.63, 3.8) is 0 Å². The molecular formula is C23H39N3O5. The summed E-state index contributed by atoms with van der Waals surface area (Å²) in [4.78, 5) is 41.8. The quantitative estimate of drug-likeness (QED) is 0.468. The third-order valence-corrected chi connectivity index (χ3v) is 7.92. The van der Waals surface area contributed by atoms with E-state index in [-0.39, 0.29) is 36.2 Å². The average molecular weight is 438 g/mol. The lowest BCUT2D eigenvalue weighted by molar-refractivity contribution is -0.151. The van der Waals surface area contributed by atoms with Gasteiger partial charge in [-0.15, -0.1) is 0 Å². The molecule has 8 heteroatoms. The van der Waals surface area contributed by atoms with Gasteiger partial charge >= 0.3 is 0 Å². The molecule has 7 atom stereocenters. The maximum atomic E-state index is 13.8. The summed E-state index contributed by atoms with van der Waals surface area (Å²) in [6, 6.07) is -1.37. The number of unbranched alkanes of at least 4 members (excludes halogenated alkanes) is 2. The first-order chi connectivity index (χ1) is 14.6. The molecule has 0 aromatic carbocycles. The number of aliphatic hydroxyl groups excluding tert-OH is 1. The summed E-state index contributed by atoms with van der Waals surface area (Å²) in [6.45, 7) is 10.2. The van der Waals surface area contributed by atoms with E-state index in [4.69, 9.17) is 4.74 Å². The van der Waals surface area contributed by atoms with Gasteiger partial charge in [0.2, 0.25) is 17.7 Å². The number of aliphatic hydroxyl groups is 1. The highest BCUT2D eigenvalue weighted by molar-refractivity contribution is 5.99. The van der Waals surface area contributed by atoms with Gasteiger partial charge < -0.3 is 25.4 Å². The number of amides is 3. The Hall–Kier alpha value is -1.67. The van der Waals surface area contributed by atoms with Crippen LogP contribution in [0.3, 0.4) is 0 Å². The molecule has 3 aliphatic rings. The highest BCUT2D eigenvalue weighted by atomic mass is 16.5. The van der Waals surface area contributed by atoms with Crippen LogP contribution in [-0.4, -0.2) is 71.2 Å². The van der Waals surface area contributed by atoms with Crippen LogP contribution in [-0.2, 0) is 19.1 Å². The van der Waals surface area contributed by atoms with Crippen molar-refractivity contribution in [3.05, 3.63) is 0 Å². The minimum absolute atomic E-state index is 0.0146. The largest absolute Gasteiger partial charge is 0.394 e. The van der Waals surface area contributed by atoms with Crippen LogP contribution in [0.4, 0.5) is 0 Å². The van der Waals surface area contributed by atoms with Gasteiger partial charge in [-0.05, 0) is 31.6 Å². The monoisotopic (exact) mass is 437 g/mol. The van der Waals surface area contributed by atoms with Crippen LogP contribution in [0.2, 0.25) is 0 Å². The summed E-state index contributed by atoms with van der Waals surface area (Å²) in [5.41, 5.74) is -1.86. The maximum Gasteiger partial charge on any atom is 0.245 e. The van der Waals surface area contributed by atoms with Gasteiger partial charge in [-0.3, -0.25) is 14.4 Å². The number of hydrogen-bond donors (Lipinski definition) is 3. The summed E-state index contributed by atoms with van der Waals surface area (Å²) in [5, 5.41) is 15.8.